The summed E-state index contributed by atoms with van der Waals surface area (Å²) in [5.41, 5.74) is 21.3. The molecule has 0 aliphatic carbocycles. The average molecular weight is 528 g/mol. The number of rotatable bonds is 16. The summed E-state index contributed by atoms with van der Waals surface area (Å²) in [5, 5.41) is 17.0. The second kappa shape index (κ2) is 17.1. The number of aliphatic carboxylic acids is 1. The SMILES string of the molecule is NCCCC[C@H](NC(=O)[C@@H]1CCCCN1C(=O)CNC(=O)[C@H](CCCN=C(N)N)NC(=O)CN)C(=O)O. The molecule has 0 spiro atoms. The summed E-state index contributed by atoms with van der Waals surface area (Å²) < 4.78 is 0. The van der Waals surface area contributed by atoms with Gasteiger partial charge in [0.25, 0.3) is 0 Å². The molecule has 1 aliphatic heterocycles. The summed E-state index contributed by atoms with van der Waals surface area (Å²) in [7, 11) is 0. The van der Waals surface area contributed by atoms with E-state index in [0.717, 1.165) is 0 Å². The Hall–Kier alpha value is -3.46. The number of carbonyl (C=O) groups excluding carboxylic acids is 4. The quantitative estimate of drug-likeness (QED) is 0.0562. The Balaban J connectivity index is 2.76. The molecule has 1 rings (SSSR count). The van der Waals surface area contributed by atoms with Crippen LogP contribution in [0.3, 0.4) is 0 Å². The molecule has 15 heteroatoms. The third kappa shape index (κ3) is 11.9. The average Bonchev–Trinajstić information content (AvgIpc) is 2.87. The Morgan fingerprint density at radius 1 is 0.973 bits per heavy atom. The molecule has 1 saturated heterocycles. The standard InChI is InChI=1S/C22H41N9O6/c23-9-3-1-6-15(21(36)37)30-20(35)16-8-2-4-11-31(16)18(33)13-28-19(34)14(29-17(32)12-24)7-5-10-27-22(25)26/h14-16H,1-13,23-24H2,(H,28,34)(H,29,32)(H,30,35)(H,36,37)(H4,25,26,27)/t14-,15-,16-/m0/s1. The third-order valence-corrected chi connectivity index (χ3v) is 5.88. The molecule has 15 nitrogen and oxygen atoms in total. The summed E-state index contributed by atoms with van der Waals surface area (Å²) in [4.78, 5) is 67.0. The van der Waals surface area contributed by atoms with Gasteiger partial charge in [0.1, 0.15) is 18.1 Å². The van der Waals surface area contributed by atoms with E-state index in [4.69, 9.17) is 22.9 Å². The van der Waals surface area contributed by atoms with Crippen molar-refractivity contribution in [1.82, 2.24) is 20.9 Å². The van der Waals surface area contributed by atoms with E-state index in [1.807, 2.05) is 0 Å². The van der Waals surface area contributed by atoms with Gasteiger partial charge in [-0.1, -0.05) is 0 Å². The van der Waals surface area contributed by atoms with Crippen LogP contribution in [0.25, 0.3) is 0 Å². The van der Waals surface area contributed by atoms with Crippen molar-refractivity contribution in [1.29, 1.82) is 0 Å². The first-order chi connectivity index (χ1) is 17.6. The normalized spacial score (nSPS) is 16.7. The molecule has 0 radical (unpaired) electrons. The van der Waals surface area contributed by atoms with Crippen molar-refractivity contribution in [3.05, 3.63) is 0 Å². The van der Waals surface area contributed by atoms with Gasteiger partial charge in [0, 0.05) is 13.1 Å². The van der Waals surface area contributed by atoms with Crippen LogP contribution in [0.1, 0.15) is 51.4 Å². The van der Waals surface area contributed by atoms with Crippen LogP contribution in [-0.4, -0.2) is 96.4 Å². The van der Waals surface area contributed by atoms with Crippen molar-refractivity contribution in [3.63, 3.8) is 0 Å². The number of nitrogens with zero attached hydrogens (tertiary/aromatic N) is 2. The van der Waals surface area contributed by atoms with Crippen LogP contribution in [0.4, 0.5) is 0 Å². The van der Waals surface area contributed by atoms with E-state index in [2.05, 4.69) is 20.9 Å². The van der Waals surface area contributed by atoms with Crippen molar-refractivity contribution in [3.8, 4) is 0 Å². The van der Waals surface area contributed by atoms with Crippen molar-refractivity contribution >= 4 is 35.6 Å². The summed E-state index contributed by atoms with van der Waals surface area (Å²) in [5.74, 6) is -3.43. The number of guanidine groups is 1. The molecule has 0 aromatic rings. The van der Waals surface area contributed by atoms with Gasteiger partial charge in [0.15, 0.2) is 5.96 Å². The molecule has 210 valence electrons. The van der Waals surface area contributed by atoms with Gasteiger partial charge in [-0.25, -0.2) is 4.79 Å². The van der Waals surface area contributed by atoms with E-state index >= 15 is 0 Å². The minimum Gasteiger partial charge on any atom is -0.480 e. The van der Waals surface area contributed by atoms with Gasteiger partial charge in [0.05, 0.1) is 13.1 Å². The zero-order chi connectivity index (χ0) is 27.8. The number of amides is 4. The molecule has 0 saturated carbocycles. The Kier molecular flexibility index (Phi) is 14.6. The van der Waals surface area contributed by atoms with Gasteiger partial charge in [-0.15, -0.1) is 0 Å². The molecule has 0 aromatic heterocycles. The minimum absolute atomic E-state index is 0.0945. The third-order valence-electron chi connectivity index (χ3n) is 5.88. The van der Waals surface area contributed by atoms with Crippen LogP contribution in [-0.2, 0) is 24.0 Å². The Bertz CT molecular complexity index is 818. The van der Waals surface area contributed by atoms with Gasteiger partial charge < -0.3 is 48.9 Å². The number of carboxylic acid groups (broad SMARTS) is 1. The fraction of sp³-hybridized carbons (Fsp3) is 0.727. The number of likely N-dealkylation sites (tertiary alicyclic amines) is 1. The number of carbonyl (C=O) groups is 5. The number of unbranched alkanes of at least 4 members (excludes halogenated alkanes) is 1. The fourth-order valence-corrected chi connectivity index (χ4v) is 3.93. The Morgan fingerprint density at radius 3 is 2.30 bits per heavy atom. The van der Waals surface area contributed by atoms with E-state index in [1.165, 1.54) is 4.90 Å². The molecule has 0 bridgehead atoms. The van der Waals surface area contributed by atoms with Crippen molar-refractivity contribution in [2.75, 3.05) is 32.7 Å². The number of hydrogen-bond donors (Lipinski definition) is 8. The van der Waals surface area contributed by atoms with Gasteiger partial charge in [-0.05, 0) is 57.9 Å². The van der Waals surface area contributed by atoms with Gasteiger partial charge in [0.2, 0.25) is 23.6 Å². The largest absolute Gasteiger partial charge is 0.480 e. The van der Waals surface area contributed by atoms with Crippen LogP contribution in [0.15, 0.2) is 4.99 Å². The number of nitrogens with two attached hydrogens (primary N) is 4. The lowest BCUT2D eigenvalue weighted by Crippen LogP contribution is -2.57. The highest BCUT2D eigenvalue weighted by Crippen LogP contribution is 2.18. The van der Waals surface area contributed by atoms with E-state index in [-0.39, 0.29) is 31.9 Å². The maximum absolute atomic E-state index is 12.9. The number of hydrogen-bond acceptors (Lipinski definition) is 8. The summed E-state index contributed by atoms with van der Waals surface area (Å²) in [6.45, 7) is 0.250. The smallest absolute Gasteiger partial charge is 0.326 e. The second-order valence-corrected chi connectivity index (χ2v) is 8.77. The Morgan fingerprint density at radius 2 is 1.68 bits per heavy atom. The van der Waals surface area contributed by atoms with Gasteiger partial charge >= 0.3 is 5.97 Å². The zero-order valence-corrected chi connectivity index (χ0v) is 21.1. The fourth-order valence-electron chi connectivity index (χ4n) is 3.93. The summed E-state index contributed by atoms with van der Waals surface area (Å²) in [6.07, 6.45) is 3.74. The van der Waals surface area contributed by atoms with Crippen LogP contribution in [0, 0.1) is 0 Å². The first-order valence-corrected chi connectivity index (χ1v) is 12.5. The molecule has 0 unspecified atom stereocenters. The lowest BCUT2D eigenvalue weighted by molar-refractivity contribution is -0.146. The first kappa shape index (κ1) is 31.6. The molecule has 12 N–H and O–H groups in total. The number of nitrogens with one attached hydrogen (secondary N) is 3. The van der Waals surface area contributed by atoms with Gasteiger partial charge in [-0.3, -0.25) is 24.2 Å². The van der Waals surface area contributed by atoms with E-state index in [0.29, 0.717) is 51.6 Å². The van der Waals surface area contributed by atoms with E-state index < -0.39 is 54.3 Å². The number of carboxylic acids is 1. The minimum atomic E-state index is -1.16. The highest BCUT2D eigenvalue weighted by molar-refractivity contribution is 5.93. The zero-order valence-electron chi connectivity index (χ0n) is 21.1. The molecule has 3 atom stereocenters. The predicted octanol–water partition coefficient (Wildman–Crippen LogP) is -3.32. The lowest BCUT2D eigenvalue weighted by atomic mass is 10.00. The molecular weight excluding hydrogens is 486 g/mol. The molecule has 37 heavy (non-hydrogen) atoms. The highest BCUT2D eigenvalue weighted by atomic mass is 16.4. The maximum atomic E-state index is 12.9. The molecule has 1 aliphatic rings. The van der Waals surface area contributed by atoms with Crippen LogP contribution in [0.2, 0.25) is 0 Å². The predicted molar refractivity (Wildman–Crippen MR) is 136 cm³/mol. The highest BCUT2D eigenvalue weighted by Gasteiger charge is 2.34. The number of piperidine rings is 1. The van der Waals surface area contributed by atoms with Gasteiger partial charge in [-0.2, -0.15) is 0 Å². The second-order valence-electron chi connectivity index (χ2n) is 8.77. The summed E-state index contributed by atoms with van der Waals surface area (Å²) in [6, 6.07) is -2.88. The van der Waals surface area contributed by atoms with E-state index in [1.54, 1.807) is 0 Å². The molecule has 0 aromatic carbocycles. The molecule has 1 fully saturated rings. The first-order valence-electron chi connectivity index (χ1n) is 12.5. The topological polar surface area (TPSA) is 261 Å². The monoisotopic (exact) mass is 527 g/mol. The summed E-state index contributed by atoms with van der Waals surface area (Å²) >= 11 is 0. The molecule has 4 amide bonds. The van der Waals surface area contributed by atoms with Crippen LogP contribution in [0.5, 0.6) is 0 Å². The van der Waals surface area contributed by atoms with E-state index in [9.17, 15) is 29.1 Å². The van der Waals surface area contributed by atoms with Crippen LogP contribution >= 0.6 is 0 Å². The lowest BCUT2D eigenvalue weighted by Gasteiger charge is -2.35. The van der Waals surface area contributed by atoms with Crippen LogP contribution < -0.4 is 38.9 Å². The Labute approximate surface area is 216 Å². The van der Waals surface area contributed by atoms with Crippen molar-refractivity contribution in [2.24, 2.45) is 27.9 Å². The van der Waals surface area contributed by atoms with Crippen molar-refractivity contribution in [2.45, 2.75) is 69.5 Å². The number of aliphatic imine (C=N–C) groups is 1. The molecule has 1 heterocycles. The maximum Gasteiger partial charge on any atom is 0.326 e. The van der Waals surface area contributed by atoms with Crippen molar-refractivity contribution < 1.29 is 29.1 Å². The molecular formula is C22H41N9O6.